The van der Waals surface area contributed by atoms with Gasteiger partial charge in [-0.3, -0.25) is 9.88 Å². The minimum Gasteiger partial charge on any atom is -0.493 e. The predicted molar refractivity (Wildman–Crippen MR) is 164 cm³/mol. The van der Waals surface area contributed by atoms with Crippen molar-refractivity contribution >= 4 is 33.2 Å². The van der Waals surface area contributed by atoms with E-state index in [9.17, 15) is 4.39 Å². The average molecular weight is 640 g/mol. The molecule has 1 aliphatic carbocycles. The Labute approximate surface area is 266 Å². The van der Waals surface area contributed by atoms with Crippen LogP contribution in [0.15, 0.2) is 36.5 Å². The molecule has 9 nitrogen and oxygen atoms in total. The number of fused-ring (bicyclic) bond motifs is 4. The molecule has 2 aromatic carbocycles. The molecule has 8 rings (SSSR count). The van der Waals surface area contributed by atoms with Crippen molar-refractivity contribution in [1.82, 2.24) is 19.9 Å². The van der Waals surface area contributed by atoms with Crippen LogP contribution in [0.25, 0.3) is 32.9 Å². The largest absolute Gasteiger partial charge is 0.493 e. The summed E-state index contributed by atoms with van der Waals surface area (Å²) in [6.07, 6.45) is 2.71. The minimum absolute atomic E-state index is 0.0293. The van der Waals surface area contributed by atoms with Gasteiger partial charge in [0.1, 0.15) is 35.6 Å². The number of ether oxygens (including phenoxy) is 3. The third kappa shape index (κ3) is 4.46. The second-order valence-electron chi connectivity index (χ2n) is 12.6. The van der Waals surface area contributed by atoms with E-state index in [0.717, 1.165) is 44.0 Å². The highest BCUT2D eigenvalue weighted by Gasteiger charge is 2.56. The van der Waals surface area contributed by atoms with E-state index in [4.69, 9.17) is 24.1 Å². The highest BCUT2D eigenvalue weighted by molar-refractivity contribution is 6.04. The van der Waals surface area contributed by atoms with Gasteiger partial charge in [0, 0.05) is 53.3 Å². The molecule has 4 aromatic rings. The summed E-state index contributed by atoms with van der Waals surface area (Å²) in [5.41, 5.74) is 5.94. The number of pyridine rings is 1. The fraction of sp³-hybridized carbons (Fsp3) is 0.424. The van der Waals surface area contributed by atoms with Crippen LogP contribution in [0, 0.1) is 23.4 Å². The molecule has 46 heavy (non-hydrogen) atoms. The van der Waals surface area contributed by atoms with E-state index in [1.54, 1.807) is 4.90 Å². The topological polar surface area (TPSA) is 98.9 Å². The van der Waals surface area contributed by atoms with Crippen molar-refractivity contribution in [3.05, 3.63) is 54.0 Å². The maximum atomic E-state index is 17.0. The smallest absolute Gasteiger partial charge is 0.319 e. The van der Waals surface area contributed by atoms with Crippen molar-refractivity contribution in [3.63, 3.8) is 0 Å². The molecular weight excluding hydrogens is 604 g/mol. The van der Waals surface area contributed by atoms with Crippen LogP contribution < -0.4 is 20.1 Å². The van der Waals surface area contributed by atoms with Gasteiger partial charge in [0.25, 0.3) is 0 Å². The van der Waals surface area contributed by atoms with Crippen LogP contribution in [0.1, 0.15) is 23.4 Å². The lowest BCUT2D eigenvalue weighted by Crippen LogP contribution is -2.43. The number of nitrogens with two attached hydrogens (primary N) is 1. The lowest BCUT2D eigenvalue weighted by atomic mass is 9.94. The van der Waals surface area contributed by atoms with Crippen LogP contribution in [0.2, 0.25) is 0 Å². The number of nitrogens with zero attached hydrogens (tertiary/aromatic N) is 5. The molecule has 2 N–H and O–H groups in total. The number of hydrogen-bond acceptors (Lipinski definition) is 9. The Morgan fingerprint density at radius 2 is 2.04 bits per heavy atom. The summed E-state index contributed by atoms with van der Waals surface area (Å²) in [4.78, 5) is 17.5. The highest BCUT2D eigenvalue weighted by atomic mass is 19.1. The molecule has 240 valence electrons. The van der Waals surface area contributed by atoms with E-state index in [1.165, 1.54) is 12.3 Å². The van der Waals surface area contributed by atoms with Gasteiger partial charge in [0.05, 0.1) is 41.3 Å². The van der Waals surface area contributed by atoms with Crippen molar-refractivity contribution < 1.29 is 35.9 Å². The number of methoxy groups -OCH3 is 1. The number of aromatic nitrogens is 3. The second-order valence-corrected chi connectivity index (χ2v) is 12.6. The number of hydrogen-bond donors (Lipinski definition) is 1. The van der Waals surface area contributed by atoms with E-state index in [0.29, 0.717) is 6.07 Å². The Morgan fingerprint density at radius 3 is 2.89 bits per heavy atom. The zero-order valence-electron chi connectivity index (χ0n) is 27.7. The Morgan fingerprint density at radius 1 is 1.17 bits per heavy atom. The van der Waals surface area contributed by atoms with Crippen LogP contribution in [-0.4, -0.2) is 84.1 Å². The maximum Gasteiger partial charge on any atom is 0.319 e. The zero-order valence-corrected chi connectivity index (χ0v) is 24.7. The molecule has 3 aliphatic heterocycles. The molecule has 0 bridgehead atoms. The van der Waals surface area contributed by atoms with E-state index in [1.807, 2.05) is 0 Å². The highest BCUT2D eigenvalue weighted by Crippen LogP contribution is 2.46. The van der Waals surface area contributed by atoms with Gasteiger partial charge in [-0.05, 0) is 37.9 Å². The average Bonchev–Trinajstić information content (AvgIpc) is 3.44. The van der Waals surface area contributed by atoms with E-state index >= 15 is 13.2 Å². The normalized spacial score (nSPS) is 27.2. The van der Waals surface area contributed by atoms with Crippen molar-refractivity contribution in [2.75, 3.05) is 57.1 Å². The fourth-order valence-electron chi connectivity index (χ4n) is 7.58. The van der Waals surface area contributed by atoms with Crippen LogP contribution in [0.5, 0.6) is 11.8 Å². The molecule has 4 fully saturated rings. The third-order valence-corrected chi connectivity index (χ3v) is 9.77. The summed E-state index contributed by atoms with van der Waals surface area (Å²) in [7, 11) is -3.13. The van der Waals surface area contributed by atoms with Crippen molar-refractivity contribution in [1.29, 1.82) is 0 Å². The lowest BCUT2D eigenvalue weighted by Gasteiger charge is -2.31. The first-order valence-corrected chi connectivity index (χ1v) is 15.1. The molecule has 13 heteroatoms. The van der Waals surface area contributed by atoms with E-state index < -0.39 is 48.1 Å². The molecule has 0 radical (unpaired) electrons. The first-order chi connectivity index (χ1) is 23.3. The molecule has 2 aromatic heterocycles. The number of halogens is 4. The SMILES string of the molecule is [2H]C([2H])([2H])Oc1c(F)cc(F)c2cc(N)cc(-c3ncc4c(N5CCOC[C@H]6[C@H](F)[C@H]65)nc(OC[C@@]56CCCN5CC(=C)C6)nc4c3F)c12. The molecule has 0 spiro atoms. The van der Waals surface area contributed by atoms with Crippen molar-refractivity contribution in [2.45, 2.75) is 37.0 Å². The quantitative estimate of drug-likeness (QED) is 0.174. The Kier molecular flexibility index (Phi) is 6.00. The van der Waals surface area contributed by atoms with Crippen molar-refractivity contribution in [2.24, 2.45) is 5.92 Å². The summed E-state index contributed by atoms with van der Waals surface area (Å²) in [5.74, 6) is -4.41. The van der Waals surface area contributed by atoms with Gasteiger partial charge in [-0.2, -0.15) is 9.97 Å². The molecule has 4 aliphatic rings. The van der Waals surface area contributed by atoms with E-state index in [2.05, 4.69) is 26.4 Å². The van der Waals surface area contributed by atoms with Gasteiger partial charge in [0.2, 0.25) is 0 Å². The van der Waals surface area contributed by atoms with Gasteiger partial charge in [-0.15, -0.1) is 0 Å². The van der Waals surface area contributed by atoms with Crippen LogP contribution >= 0.6 is 0 Å². The first kappa shape index (κ1) is 25.9. The van der Waals surface area contributed by atoms with E-state index in [-0.39, 0.29) is 82.6 Å². The summed E-state index contributed by atoms with van der Waals surface area (Å²) >= 11 is 0. The van der Waals surface area contributed by atoms with Gasteiger partial charge < -0.3 is 24.8 Å². The van der Waals surface area contributed by atoms with Gasteiger partial charge >= 0.3 is 6.01 Å². The Balaban J connectivity index is 1.31. The standard InChI is InChI=1S/C33H32F4N6O3/c1-16-11-33(4-3-5-42(33)13-16)15-46-32-40-28-20(31(41-32)43-6-7-45-14-21-25(36)29(21)43)12-39-27(26(28)37)19-9-17(38)8-18-22(34)10-23(35)30(44-2)24(18)19/h8-10,12,21,25,29H,1,3-7,11,13-15,38H2,2H3/t21-,25-,29-,33-/m0/s1/i2D3. The molecular formula is C33H32F4N6O3. The summed E-state index contributed by atoms with van der Waals surface area (Å²) < 4.78 is 102. The van der Waals surface area contributed by atoms with Crippen molar-refractivity contribution in [3.8, 4) is 23.0 Å². The monoisotopic (exact) mass is 639 g/mol. The lowest BCUT2D eigenvalue weighted by molar-refractivity contribution is 0.108. The zero-order chi connectivity index (χ0) is 34.4. The molecule has 0 amide bonds. The summed E-state index contributed by atoms with van der Waals surface area (Å²) in [6, 6.07) is 2.16. The second kappa shape index (κ2) is 10.7. The molecule has 3 saturated heterocycles. The van der Waals surface area contributed by atoms with Gasteiger partial charge in [-0.25, -0.2) is 17.6 Å². The van der Waals surface area contributed by atoms with Crippen LogP contribution in [-0.2, 0) is 4.74 Å². The number of anilines is 2. The number of rotatable bonds is 6. The Hall–Kier alpha value is -4.23. The molecule has 5 heterocycles. The van der Waals surface area contributed by atoms with Crippen LogP contribution in [0.3, 0.4) is 0 Å². The van der Waals surface area contributed by atoms with Gasteiger partial charge in [-0.1, -0.05) is 12.2 Å². The number of alkyl halides is 1. The summed E-state index contributed by atoms with van der Waals surface area (Å²) in [6.45, 7) is 6.82. The fourth-order valence-corrected chi connectivity index (χ4v) is 7.58. The molecule has 4 atom stereocenters. The number of nitrogen functional groups attached to an aromatic ring is 1. The minimum atomic E-state index is -3.13. The third-order valence-electron chi connectivity index (χ3n) is 9.77. The van der Waals surface area contributed by atoms with Gasteiger partial charge in [0.15, 0.2) is 17.4 Å². The van der Waals surface area contributed by atoms with Crippen LogP contribution in [0.4, 0.5) is 29.1 Å². The predicted octanol–water partition coefficient (Wildman–Crippen LogP) is 5.20. The molecule has 1 saturated carbocycles. The maximum absolute atomic E-state index is 17.0. The summed E-state index contributed by atoms with van der Waals surface area (Å²) in [5, 5.41) is -0.541. The Bertz CT molecular complexity index is 2040. The number of benzene rings is 2. The first-order valence-electron chi connectivity index (χ1n) is 16.6. The molecule has 0 unspecified atom stereocenters.